The second kappa shape index (κ2) is 4.86. The zero-order chi connectivity index (χ0) is 8.97. The van der Waals surface area contributed by atoms with Gasteiger partial charge in [-0.05, 0) is 38.8 Å². The maximum atomic E-state index is 2.56. The van der Waals surface area contributed by atoms with Crippen molar-refractivity contribution in [1.82, 2.24) is 4.90 Å². The Hall–Kier alpha value is -0.0400. The molecule has 1 aliphatic carbocycles. The van der Waals surface area contributed by atoms with E-state index in [0.717, 1.165) is 12.0 Å². The van der Waals surface area contributed by atoms with Gasteiger partial charge in [0.1, 0.15) is 0 Å². The summed E-state index contributed by atoms with van der Waals surface area (Å²) in [5.41, 5.74) is 0. The molecule has 72 valence electrons. The average Bonchev–Trinajstić information content (AvgIpc) is 2.05. The highest BCUT2D eigenvalue weighted by Crippen LogP contribution is 2.27. The van der Waals surface area contributed by atoms with Crippen molar-refractivity contribution < 1.29 is 0 Å². The Morgan fingerprint density at radius 2 is 1.92 bits per heavy atom. The van der Waals surface area contributed by atoms with Crippen LogP contribution in [0.1, 0.15) is 46.0 Å². The van der Waals surface area contributed by atoms with Crippen LogP contribution >= 0.6 is 0 Å². The third kappa shape index (κ3) is 2.48. The van der Waals surface area contributed by atoms with Crippen molar-refractivity contribution in [3.8, 4) is 0 Å². The molecule has 0 unspecified atom stereocenters. The number of hydrogen-bond acceptors (Lipinski definition) is 1. The molecule has 0 aromatic rings. The predicted molar refractivity (Wildman–Crippen MR) is 54.3 cm³/mol. The summed E-state index contributed by atoms with van der Waals surface area (Å²) in [6.07, 6.45) is 7.07. The molecule has 0 bridgehead atoms. The highest BCUT2D eigenvalue weighted by molar-refractivity contribution is 4.78. The smallest absolute Gasteiger partial charge is 0.0118 e. The molecule has 1 nitrogen and oxygen atoms in total. The normalized spacial score (nSPS) is 31.0. The summed E-state index contributed by atoms with van der Waals surface area (Å²) in [6.45, 7) is 5.95. The van der Waals surface area contributed by atoms with Crippen molar-refractivity contribution in [2.24, 2.45) is 5.92 Å². The van der Waals surface area contributed by atoms with E-state index >= 15 is 0 Å². The van der Waals surface area contributed by atoms with E-state index in [0.29, 0.717) is 0 Å². The monoisotopic (exact) mass is 169 g/mol. The summed E-state index contributed by atoms with van der Waals surface area (Å²) in [6, 6.07) is 0.874. The Kier molecular flexibility index (Phi) is 4.07. The van der Waals surface area contributed by atoms with Gasteiger partial charge in [-0.15, -0.1) is 0 Å². The van der Waals surface area contributed by atoms with E-state index in [2.05, 4.69) is 25.8 Å². The lowest BCUT2D eigenvalue weighted by molar-refractivity contribution is 0.140. The van der Waals surface area contributed by atoms with Crippen molar-refractivity contribution in [1.29, 1.82) is 0 Å². The maximum Gasteiger partial charge on any atom is 0.0118 e. The summed E-state index contributed by atoms with van der Waals surface area (Å²) in [4.78, 5) is 2.56. The molecule has 0 saturated heterocycles. The maximum absolute atomic E-state index is 2.56. The van der Waals surface area contributed by atoms with Crippen molar-refractivity contribution in [2.45, 2.75) is 52.0 Å². The molecule has 0 radical (unpaired) electrons. The third-order valence-electron chi connectivity index (χ3n) is 3.21. The lowest BCUT2D eigenvalue weighted by Gasteiger charge is -2.36. The van der Waals surface area contributed by atoms with Gasteiger partial charge in [0.25, 0.3) is 0 Å². The molecule has 0 aliphatic heterocycles. The van der Waals surface area contributed by atoms with Crippen molar-refractivity contribution in [3.05, 3.63) is 0 Å². The first-order valence-electron chi connectivity index (χ1n) is 5.46. The fraction of sp³-hybridized carbons (Fsp3) is 1.00. The molecule has 0 spiro atoms. The van der Waals surface area contributed by atoms with E-state index in [-0.39, 0.29) is 0 Å². The van der Waals surface area contributed by atoms with E-state index in [9.17, 15) is 0 Å². The van der Waals surface area contributed by atoms with Crippen LogP contribution in [0.15, 0.2) is 0 Å². The van der Waals surface area contributed by atoms with Gasteiger partial charge in [-0.1, -0.05) is 26.7 Å². The molecule has 1 rings (SSSR count). The summed E-state index contributed by atoms with van der Waals surface area (Å²) in [5, 5.41) is 0. The highest BCUT2D eigenvalue weighted by atomic mass is 15.1. The van der Waals surface area contributed by atoms with Crippen LogP contribution in [0.3, 0.4) is 0 Å². The fourth-order valence-corrected chi connectivity index (χ4v) is 2.47. The van der Waals surface area contributed by atoms with Gasteiger partial charge < -0.3 is 4.90 Å². The molecule has 0 heterocycles. The summed E-state index contributed by atoms with van der Waals surface area (Å²) >= 11 is 0. The lowest BCUT2D eigenvalue weighted by atomic mass is 9.85. The fourth-order valence-electron chi connectivity index (χ4n) is 2.47. The van der Waals surface area contributed by atoms with Gasteiger partial charge in [-0.25, -0.2) is 0 Å². The van der Waals surface area contributed by atoms with Crippen molar-refractivity contribution in [3.63, 3.8) is 0 Å². The molecular formula is C11H23N. The Morgan fingerprint density at radius 3 is 2.50 bits per heavy atom. The number of hydrogen-bond donors (Lipinski definition) is 0. The quantitative estimate of drug-likeness (QED) is 0.628. The van der Waals surface area contributed by atoms with Gasteiger partial charge in [0.2, 0.25) is 0 Å². The van der Waals surface area contributed by atoms with Crippen molar-refractivity contribution in [2.75, 3.05) is 13.6 Å². The van der Waals surface area contributed by atoms with Crippen LogP contribution in [-0.4, -0.2) is 24.5 Å². The van der Waals surface area contributed by atoms with Crippen LogP contribution in [0.5, 0.6) is 0 Å². The number of nitrogens with zero attached hydrogens (tertiary/aromatic N) is 1. The largest absolute Gasteiger partial charge is 0.303 e. The highest BCUT2D eigenvalue weighted by Gasteiger charge is 2.23. The van der Waals surface area contributed by atoms with Crippen LogP contribution in [-0.2, 0) is 0 Å². The molecule has 2 atom stereocenters. The minimum Gasteiger partial charge on any atom is -0.303 e. The first-order valence-corrected chi connectivity index (χ1v) is 5.46. The summed E-state index contributed by atoms with van der Waals surface area (Å²) in [5.74, 6) is 0.926. The van der Waals surface area contributed by atoms with E-state index in [1.807, 2.05) is 0 Å². The molecule has 1 saturated carbocycles. The van der Waals surface area contributed by atoms with Crippen molar-refractivity contribution >= 4 is 0 Å². The standard InChI is InChI=1S/C11H23N/c1-4-9-12(3)11-8-6-5-7-10(11)2/h10-11H,4-9H2,1-3H3/t10-,11+/m0/s1. The van der Waals surface area contributed by atoms with Crippen LogP contribution in [0.25, 0.3) is 0 Å². The Labute approximate surface area is 77.1 Å². The minimum absolute atomic E-state index is 0.874. The lowest BCUT2D eigenvalue weighted by Crippen LogP contribution is -2.39. The molecule has 12 heavy (non-hydrogen) atoms. The number of rotatable bonds is 3. The second-order valence-electron chi connectivity index (χ2n) is 4.31. The van der Waals surface area contributed by atoms with Crippen LogP contribution in [0.4, 0.5) is 0 Å². The van der Waals surface area contributed by atoms with Gasteiger partial charge in [0.15, 0.2) is 0 Å². The van der Waals surface area contributed by atoms with E-state index in [1.54, 1.807) is 0 Å². The topological polar surface area (TPSA) is 3.24 Å². The van der Waals surface area contributed by atoms with Gasteiger partial charge in [-0.3, -0.25) is 0 Å². The molecule has 0 aromatic heterocycles. The molecule has 1 aliphatic rings. The summed E-state index contributed by atoms with van der Waals surface area (Å²) < 4.78 is 0. The first-order chi connectivity index (χ1) is 5.75. The van der Waals surface area contributed by atoms with Gasteiger partial charge in [0, 0.05) is 6.04 Å². The molecule has 0 amide bonds. The third-order valence-corrected chi connectivity index (χ3v) is 3.21. The zero-order valence-electron chi connectivity index (χ0n) is 8.84. The van der Waals surface area contributed by atoms with Gasteiger partial charge in [0.05, 0.1) is 0 Å². The molecule has 1 fully saturated rings. The van der Waals surface area contributed by atoms with E-state index < -0.39 is 0 Å². The second-order valence-corrected chi connectivity index (χ2v) is 4.31. The van der Waals surface area contributed by atoms with Gasteiger partial charge in [-0.2, -0.15) is 0 Å². The van der Waals surface area contributed by atoms with Crippen LogP contribution in [0, 0.1) is 5.92 Å². The zero-order valence-corrected chi connectivity index (χ0v) is 8.84. The predicted octanol–water partition coefficient (Wildman–Crippen LogP) is 2.91. The summed E-state index contributed by atoms with van der Waals surface area (Å²) in [7, 11) is 2.29. The van der Waals surface area contributed by atoms with E-state index in [1.165, 1.54) is 38.6 Å². The first kappa shape index (κ1) is 10.0. The Morgan fingerprint density at radius 1 is 1.25 bits per heavy atom. The van der Waals surface area contributed by atoms with Crippen LogP contribution < -0.4 is 0 Å². The Bertz CT molecular complexity index is 122. The molecule has 0 aromatic carbocycles. The molecule has 0 N–H and O–H groups in total. The van der Waals surface area contributed by atoms with E-state index in [4.69, 9.17) is 0 Å². The van der Waals surface area contributed by atoms with Crippen LogP contribution in [0.2, 0.25) is 0 Å². The minimum atomic E-state index is 0.874. The molecular weight excluding hydrogens is 146 g/mol. The van der Waals surface area contributed by atoms with Gasteiger partial charge >= 0.3 is 0 Å². The SMILES string of the molecule is CCCN(C)[C@@H]1CCCC[C@@H]1C. The average molecular weight is 169 g/mol. The Balaban J connectivity index is 2.36. The molecule has 1 heteroatoms.